The number of thiophene rings is 1. The Balaban J connectivity index is 0.00000280. The maximum atomic E-state index is 12.5. The zero-order valence-electron chi connectivity index (χ0n) is 15.9. The van der Waals surface area contributed by atoms with Gasteiger partial charge in [-0.3, -0.25) is 4.79 Å². The largest absolute Gasteiger partial charge is 0.357 e. The monoisotopic (exact) mass is 532 g/mol. The molecule has 1 amide bonds. The molecular weight excluding hydrogens is 507 g/mol. The van der Waals surface area contributed by atoms with E-state index in [1.807, 2.05) is 36.1 Å². The summed E-state index contributed by atoms with van der Waals surface area (Å²) in [6.45, 7) is 5.15. The van der Waals surface area contributed by atoms with E-state index in [9.17, 15) is 4.79 Å². The van der Waals surface area contributed by atoms with Crippen LogP contribution in [0.5, 0.6) is 0 Å². The third-order valence-corrected chi connectivity index (χ3v) is 5.77. The van der Waals surface area contributed by atoms with Crippen LogP contribution in [0.1, 0.15) is 22.9 Å². The van der Waals surface area contributed by atoms with Crippen molar-refractivity contribution in [3.8, 4) is 0 Å². The highest BCUT2D eigenvalue weighted by Gasteiger charge is 2.21. The first-order valence-electron chi connectivity index (χ1n) is 9.25. The first-order valence-corrected chi connectivity index (χ1v) is 10.5. The van der Waals surface area contributed by atoms with Gasteiger partial charge >= 0.3 is 0 Å². The molecule has 0 saturated heterocycles. The molecule has 0 fully saturated rings. The number of hydrogen-bond acceptors (Lipinski definition) is 3. The zero-order chi connectivity index (χ0) is 19.1. The fourth-order valence-electron chi connectivity index (χ4n) is 3.03. The van der Waals surface area contributed by atoms with Gasteiger partial charge in [-0.15, -0.1) is 35.3 Å². The number of nitrogens with one attached hydrogen (secondary N) is 2. The smallest absolute Gasteiger partial charge is 0.244 e. The minimum absolute atomic E-state index is 0. The van der Waals surface area contributed by atoms with Gasteiger partial charge in [0, 0.05) is 36.1 Å². The summed E-state index contributed by atoms with van der Waals surface area (Å²) in [6, 6.07) is 9.95. The normalized spacial score (nSPS) is 13.5. The summed E-state index contributed by atoms with van der Waals surface area (Å²) < 4.78 is 0. The van der Waals surface area contributed by atoms with Gasteiger partial charge in [0.25, 0.3) is 0 Å². The number of guanidine groups is 1. The van der Waals surface area contributed by atoms with Crippen LogP contribution >= 0.6 is 46.9 Å². The van der Waals surface area contributed by atoms with Crippen molar-refractivity contribution in [1.29, 1.82) is 0 Å². The Morgan fingerprint density at radius 3 is 2.79 bits per heavy atom. The lowest BCUT2D eigenvalue weighted by Crippen LogP contribution is -2.40. The molecule has 1 aliphatic rings. The van der Waals surface area contributed by atoms with E-state index in [1.165, 1.54) is 16.0 Å². The number of nitrogens with zero attached hydrogens (tertiary/aromatic N) is 2. The summed E-state index contributed by atoms with van der Waals surface area (Å²) in [7, 11) is 0. The van der Waals surface area contributed by atoms with Gasteiger partial charge in [-0.1, -0.05) is 23.7 Å². The van der Waals surface area contributed by atoms with E-state index in [4.69, 9.17) is 11.6 Å². The lowest BCUT2D eigenvalue weighted by molar-refractivity contribution is -0.130. The topological polar surface area (TPSA) is 56.7 Å². The predicted octanol–water partition coefficient (Wildman–Crippen LogP) is 3.70. The molecule has 0 aliphatic carbocycles. The first kappa shape index (κ1) is 23.0. The molecule has 1 aromatic carbocycles. The Kier molecular flexibility index (Phi) is 9.53. The summed E-state index contributed by atoms with van der Waals surface area (Å²) in [6.07, 6.45) is 1.81. The fourth-order valence-corrected chi connectivity index (χ4v) is 4.04. The van der Waals surface area contributed by atoms with Crippen LogP contribution in [0.25, 0.3) is 0 Å². The Hall–Kier alpha value is -1.32. The molecule has 0 atom stereocenters. The number of halogens is 2. The molecule has 3 rings (SSSR count). The van der Waals surface area contributed by atoms with Gasteiger partial charge < -0.3 is 15.5 Å². The van der Waals surface area contributed by atoms with E-state index in [2.05, 4.69) is 27.1 Å². The Bertz CT molecular complexity index is 794. The van der Waals surface area contributed by atoms with Crippen LogP contribution in [0.3, 0.4) is 0 Å². The minimum Gasteiger partial charge on any atom is -0.357 e. The molecule has 0 radical (unpaired) electrons. The van der Waals surface area contributed by atoms with Crippen molar-refractivity contribution in [2.45, 2.75) is 26.3 Å². The molecule has 1 aromatic heterocycles. The number of rotatable bonds is 6. The number of amides is 1. The van der Waals surface area contributed by atoms with Gasteiger partial charge in [-0.05, 0) is 54.5 Å². The highest BCUT2D eigenvalue weighted by molar-refractivity contribution is 14.0. The summed E-state index contributed by atoms with van der Waals surface area (Å²) in [5, 5.41) is 9.33. The Labute approximate surface area is 192 Å². The average Bonchev–Trinajstić information content (AvgIpc) is 3.15. The predicted molar refractivity (Wildman–Crippen MR) is 128 cm³/mol. The highest BCUT2D eigenvalue weighted by Crippen LogP contribution is 2.23. The van der Waals surface area contributed by atoms with Gasteiger partial charge in [0.15, 0.2) is 5.96 Å². The van der Waals surface area contributed by atoms with Gasteiger partial charge in [-0.25, -0.2) is 4.99 Å². The summed E-state index contributed by atoms with van der Waals surface area (Å²) in [5.41, 5.74) is 2.48. The number of carbonyl (C=O) groups excluding carboxylic acids is 1. The summed E-state index contributed by atoms with van der Waals surface area (Å²) in [5.74, 6) is 0.745. The van der Waals surface area contributed by atoms with Crippen molar-refractivity contribution in [3.05, 3.63) is 56.7 Å². The highest BCUT2D eigenvalue weighted by atomic mass is 127. The van der Waals surface area contributed by atoms with Crippen molar-refractivity contribution in [3.63, 3.8) is 0 Å². The maximum absolute atomic E-state index is 12.5. The molecule has 1 aliphatic heterocycles. The van der Waals surface area contributed by atoms with Crippen LogP contribution in [0.15, 0.2) is 40.7 Å². The lowest BCUT2D eigenvalue weighted by atomic mass is 10.1. The summed E-state index contributed by atoms with van der Waals surface area (Å²) in [4.78, 5) is 20.3. The molecule has 0 bridgehead atoms. The second-order valence-electron chi connectivity index (χ2n) is 6.43. The van der Waals surface area contributed by atoms with Crippen molar-refractivity contribution in [1.82, 2.24) is 15.5 Å². The number of carbonyl (C=O) groups is 1. The van der Waals surface area contributed by atoms with Crippen molar-refractivity contribution in [2.24, 2.45) is 4.99 Å². The number of aliphatic imine (C=N–C) groups is 1. The molecule has 2 N–H and O–H groups in total. The molecule has 8 heteroatoms. The number of hydrogen-bond donors (Lipinski definition) is 2. The van der Waals surface area contributed by atoms with Crippen LogP contribution in [0.2, 0.25) is 5.02 Å². The molecule has 2 aromatic rings. The first-order chi connectivity index (χ1) is 13.2. The molecule has 0 spiro atoms. The van der Waals surface area contributed by atoms with E-state index >= 15 is 0 Å². The third-order valence-electron chi connectivity index (χ3n) is 4.50. The maximum Gasteiger partial charge on any atom is 0.244 e. The molecule has 0 saturated carbocycles. The molecule has 2 heterocycles. The van der Waals surface area contributed by atoms with E-state index in [0.717, 1.165) is 37.5 Å². The van der Waals surface area contributed by atoms with Gasteiger partial charge in [0.1, 0.15) is 6.54 Å². The van der Waals surface area contributed by atoms with Gasteiger partial charge in [-0.2, -0.15) is 0 Å². The fraction of sp³-hybridized carbons (Fsp3) is 0.400. The van der Waals surface area contributed by atoms with E-state index < -0.39 is 0 Å². The average molecular weight is 533 g/mol. The van der Waals surface area contributed by atoms with Crippen LogP contribution in [0, 0.1) is 0 Å². The second-order valence-corrected chi connectivity index (χ2v) is 7.87. The van der Waals surface area contributed by atoms with Crippen LogP contribution in [-0.4, -0.2) is 42.9 Å². The van der Waals surface area contributed by atoms with E-state index in [1.54, 1.807) is 11.3 Å². The second kappa shape index (κ2) is 11.6. The summed E-state index contributed by atoms with van der Waals surface area (Å²) >= 11 is 7.69. The SMILES string of the molecule is CCNC(=NCC(=O)N1CCc2sccc2C1)NCCc1ccc(Cl)cc1.I. The van der Waals surface area contributed by atoms with Gasteiger partial charge in [0.2, 0.25) is 5.91 Å². The number of benzene rings is 1. The molecule has 5 nitrogen and oxygen atoms in total. The number of fused-ring (bicyclic) bond motifs is 1. The standard InChI is InChI=1S/C20H25ClN4OS.HI/c1-2-22-20(23-10-7-15-3-5-17(21)6-4-15)24-13-19(26)25-11-8-18-16(14-25)9-12-27-18;/h3-6,9,12H,2,7-8,10-11,13-14H2,1H3,(H2,22,23,24);1H. The third kappa shape index (κ3) is 6.63. The van der Waals surface area contributed by atoms with Crippen LogP contribution in [-0.2, 0) is 24.2 Å². The lowest BCUT2D eigenvalue weighted by Gasteiger charge is -2.26. The Morgan fingerprint density at radius 1 is 1.25 bits per heavy atom. The van der Waals surface area contributed by atoms with Crippen LogP contribution in [0.4, 0.5) is 0 Å². The van der Waals surface area contributed by atoms with Crippen LogP contribution < -0.4 is 10.6 Å². The molecular formula is C20H26ClIN4OS. The quantitative estimate of drug-likeness (QED) is 0.339. The zero-order valence-corrected chi connectivity index (χ0v) is 19.8. The Morgan fingerprint density at radius 2 is 2.04 bits per heavy atom. The molecule has 152 valence electrons. The van der Waals surface area contributed by atoms with E-state index in [0.29, 0.717) is 12.5 Å². The van der Waals surface area contributed by atoms with E-state index in [-0.39, 0.29) is 36.4 Å². The van der Waals surface area contributed by atoms with Crippen molar-refractivity contribution < 1.29 is 4.79 Å². The molecule has 0 unspecified atom stereocenters. The van der Waals surface area contributed by atoms with Crippen molar-refractivity contribution >= 4 is 58.8 Å². The van der Waals surface area contributed by atoms with Crippen molar-refractivity contribution in [2.75, 3.05) is 26.2 Å². The molecule has 28 heavy (non-hydrogen) atoms. The minimum atomic E-state index is 0. The van der Waals surface area contributed by atoms with Gasteiger partial charge in [0.05, 0.1) is 0 Å².